The third-order valence-electron chi connectivity index (χ3n) is 6.78. The Morgan fingerprint density at radius 2 is 1.89 bits per heavy atom. The van der Waals surface area contributed by atoms with Crippen LogP contribution in [0.15, 0.2) is 60.8 Å². The molecule has 1 saturated heterocycles. The van der Waals surface area contributed by atoms with Crippen LogP contribution < -0.4 is 4.74 Å². The Balaban J connectivity index is 0.000000917. The first-order valence-electron chi connectivity index (χ1n) is 11.7. The highest BCUT2D eigenvalue weighted by Crippen LogP contribution is 2.38. The van der Waals surface area contributed by atoms with Gasteiger partial charge >= 0.3 is 5.97 Å². The van der Waals surface area contributed by atoms with Crippen LogP contribution >= 0.6 is 0 Å². The molecule has 2 heterocycles. The van der Waals surface area contributed by atoms with Crippen molar-refractivity contribution in [3.8, 4) is 5.75 Å². The predicted molar refractivity (Wildman–Crippen MR) is 130 cm³/mol. The van der Waals surface area contributed by atoms with Crippen molar-refractivity contribution in [1.29, 1.82) is 0 Å². The van der Waals surface area contributed by atoms with Crippen LogP contribution in [-0.4, -0.2) is 64.9 Å². The lowest BCUT2D eigenvalue weighted by Crippen LogP contribution is -2.42. The van der Waals surface area contributed by atoms with Crippen LogP contribution in [-0.2, 0) is 16.1 Å². The average Bonchev–Trinajstić information content (AvgIpc) is 3.25. The smallest absolute Gasteiger partial charge is 0.337 e. The molecule has 8 heteroatoms. The number of pyridine rings is 1. The summed E-state index contributed by atoms with van der Waals surface area (Å²) in [5, 5.41) is 18.8. The Labute approximate surface area is 204 Å². The fraction of sp³-hybridized carbons (Fsp3) is 0.370. The van der Waals surface area contributed by atoms with Gasteiger partial charge in [0.15, 0.2) is 0 Å². The zero-order valence-electron chi connectivity index (χ0n) is 19.6. The number of aromatic nitrogens is 1. The van der Waals surface area contributed by atoms with Crippen molar-refractivity contribution >= 4 is 23.3 Å². The van der Waals surface area contributed by atoms with Gasteiger partial charge in [-0.05, 0) is 60.6 Å². The van der Waals surface area contributed by atoms with Gasteiger partial charge in [-0.25, -0.2) is 4.79 Å². The van der Waals surface area contributed by atoms with Gasteiger partial charge in [-0.3, -0.25) is 14.7 Å². The number of benzene rings is 2. The second-order valence-corrected chi connectivity index (χ2v) is 9.06. The lowest BCUT2D eigenvalue weighted by atomic mass is 9.78. The minimum atomic E-state index is -0.511. The number of hydrogen-bond acceptors (Lipinski definition) is 7. The van der Waals surface area contributed by atoms with E-state index in [0.29, 0.717) is 23.1 Å². The third kappa shape index (κ3) is 5.96. The summed E-state index contributed by atoms with van der Waals surface area (Å²) in [6.07, 6.45) is 2.60. The molecular weight excluding hydrogens is 448 g/mol. The number of carboxylic acid groups (broad SMARTS) is 1. The minimum Gasteiger partial charge on any atom is -0.488 e. The Kier molecular flexibility index (Phi) is 7.94. The van der Waals surface area contributed by atoms with Gasteiger partial charge in [-0.2, -0.15) is 0 Å². The topological polar surface area (TPSA) is 109 Å². The van der Waals surface area contributed by atoms with Crippen LogP contribution in [0.4, 0.5) is 0 Å². The van der Waals surface area contributed by atoms with E-state index in [1.807, 2.05) is 18.3 Å². The summed E-state index contributed by atoms with van der Waals surface area (Å²) >= 11 is 0. The molecule has 0 radical (unpaired) electrons. The lowest BCUT2D eigenvalue weighted by Gasteiger charge is -2.35. The van der Waals surface area contributed by atoms with Gasteiger partial charge in [0, 0.05) is 31.2 Å². The molecule has 5 rings (SSSR count). The summed E-state index contributed by atoms with van der Waals surface area (Å²) in [5.74, 6) is 1.17. The standard InChI is InChI=1S/C26H28N2O4.CH2O2/c1-31-26(30)19-4-2-6-22(11-19)32-25-13-21-16-28(15-20(21)12-24(25)29)14-17-7-8-18-5-3-9-27-23(18)10-17;2-1-3/h2-11,20-21,24-25,29H,12-16H2,1H3;1H,(H,2,3)/t20-,21+,24+,25+;/m0./s1. The van der Waals surface area contributed by atoms with Gasteiger partial charge in [0.25, 0.3) is 6.47 Å². The number of nitrogens with zero attached hydrogens (tertiary/aromatic N) is 2. The third-order valence-corrected chi connectivity index (χ3v) is 6.78. The van der Waals surface area contributed by atoms with E-state index in [-0.39, 0.29) is 12.6 Å². The average molecular weight is 479 g/mol. The van der Waals surface area contributed by atoms with Crippen LogP contribution in [0, 0.1) is 11.8 Å². The Morgan fingerprint density at radius 1 is 1.11 bits per heavy atom. The monoisotopic (exact) mass is 478 g/mol. The number of rotatable bonds is 5. The summed E-state index contributed by atoms with van der Waals surface area (Å²) in [5.41, 5.74) is 2.74. The SMILES string of the molecule is COC(=O)c1cccc(O[C@@H]2C[C@@H]3CN(Cc4ccc5cccnc5c4)C[C@@H]3C[C@H]2O)c1.O=CO. The zero-order valence-corrected chi connectivity index (χ0v) is 19.6. The fourth-order valence-electron chi connectivity index (χ4n) is 5.20. The molecule has 2 aromatic carbocycles. The van der Waals surface area contributed by atoms with Crippen molar-refractivity contribution in [2.24, 2.45) is 11.8 Å². The molecule has 1 saturated carbocycles. The molecule has 2 fully saturated rings. The van der Waals surface area contributed by atoms with Crippen LogP contribution in [0.2, 0.25) is 0 Å². The molecule has 0 unspecified atom stereocenters. The van der Waals surface area contributed by atoms with Crippen molar-refractivity contribution in [1.82, 2.24) is 9.88 Å². The minimum absolute atomic E-state index is 0.250. The zero-order chi connectivity index (χ0) is 24.8. The number of ether oxygens (including phenoxy) is 2. The van der Waals surface area contributed by atoms with E-state index in [4.69, 9.17) is 19.4 Å². The van der Waals surface area contributed by atoms with Gasteiger partial charge in [0.1, 0.15) is 11.9 Å². The van der Waals surface area contributed by atoms with Gasteiger partial charge in [0.05, 0.1) is 24.3 Å². The van der Waals surface area contributed by atoms with Gasteiger partial charge in [-0.1, -0.05) is 24.3 Å². The van der Waals surface area contributed by atoms with Crippen molar-refractivity contribution in [2.45, 2.75) is 31.6 Å². The summed E-state index contributed by atoms with van der Waals surface area (Å²) in [7, 11) is 1.36. The van der Waals surface area contributed by atoms with Gasteiger partial charge in [-0.15, -0.1) is 0 Å². The van der Waals surface area contributed by atoms with Gasteiger partial charge < -0.3 is 19.7 Å². The van der Waals surface area contributed by atoms with E-state index in [1.165, 1.54) is 12.7 Å². The number of esters is 1. The Hall–Kier alpha value is -3.49. The molecular formula is C27H30N2O6. The molecule has 8 nitrogen and oxygen atoms in total. The number of methoxy groups -OCH3 is 1. The highest BCUT2D eigenvalue weighted by molar-refractivity contribution is 5.89. The second-order valence-electron chi connectivity index (χ2n) is 9.06. The maximum Gasteiger partial charge on any atom is 0.337 e. The Bertz CT molecular complexity index is 1170. The first kappa shape index (κ1) is 24.6. The molecule has 0 spiro atoms. The number of aliphatic hydroxyl groups is 1. The van der Waals surface area contributed by atoms with E-state index in [2.05, 4.69) is 34.1 Å². The van der Waals surface area contributed by atoms with Crippen LogP contribution in [0.1, 0.15) is 28.8 Å². The Morgan fingerprint density at radius 3 is 2.66 bits per heavy atom. The van der Waals surface area contributed by atoms with Crippen LogP contribution in [0.5, 0.6) is 5.75 Å². The quantitative estimate of drug-likeness (QED) is 0.424. The number of fused-ring (bicyclic) bond motifs is 2. The van der Waals surface area contributed by atoms with Crippen molar-refractivity contribution in [3.63, 3.8) is 0 Å². The van der Waals surface area contributed by atoms with E-state index < -0.39 is 12.1 Å². The summed E-state index contributed by atoms with van der Waals surface area (Å²) in [6, 6.07) is 17.5. The summed E-state index contributed by atoms with van der Waals surface area (Å²) in [6.45, 7) is 2.63. The highest BCUT2D eigenvalue weighted by Gasteiger charge is 2.42. The molecule has 1 aromatic heterocycles. The number of likely N-dealkylation sites (tertiary alicyclic amines) is 1. The first-order valence-corrected chi connectivity index (χ1v) is 11.7. The van der Waals surface area contributed by atoms with Gasteiger partial charge in [0.2, 0.25) is 0 Å². The first-order chi connectivity index (χ1) is 17.0. The molecule has 3 aromatic rings. The summed E-state index contributed by atoms with van der Waals surface area (Å²) in [4.78, 5) is 27.1. The lowest BCUT2D eigenvalue weighted by molar-refractivity contribution is -0.122. The number of carbonyl (C=O) groups excluding carboxylic acids is 1. The maximum atomic E-state index is 11.8. The van der Waals surface area contributed by atoms with Crippen molar-refractivity contribution in [3.05, 3.63) is 71.9 Å². The number of hydrogen-bond donors (Lipinski definition) is 2. The van der Waals surface area contributed by atoms with E-state index >= 15 is 0 Å². The normalized spacial score (nSPS) is 23.6. The van der Waals surface area contributed by atoms with Crippen LogP contribution in [0.25, 0.3) is 10.9 Å². The summed E-state index contributed by atoms with van der Waals surface area (Å²) < 4.78 is 10.9. The van der Waals surface area contributed by atoms with E-state index in [9.17, 15) is 9.90 Å². The molecule has 2 N–H and O–H groups in total. The predicted octanol–water partition coefficient (Wildman–Crippen LogP) is 3.37. The molecule has 35 heavy (non-hydrogen) atoms. The molecule has 1 aliphatic heterocycles. The number of aliphatic hydroxyl groups excluding tert-OH is 1. The maximum absolute atomic E-state index is 11.8. The second kappa shape index (κ2) is 11.3. The molecule has 184 valence electrons. The van der Waals surface area contributed by atoms with Crippen molar-refractivity contribution in [2.75, 3.05) is 20.2 Å². The van der Waals surface area contributed by atoms with E-state index in [0.717, 1.165) is 43.4 Å². The largest absolute Gasteiger partial charge is 0.488 e. The fourth-order valence-corrected chi connectivity index (χ4v) is 5.20. The molecule has 0 amide bonds. The molecule has 2 aliphatic rings. The highest BCUT2D eigenvalue weighted by atomic mass is 16.5. The number of carbonyl (C=O) groups is 2. The molecule has 0 bridgehead atoms. The van der Waals surface area contributed by atoms with Crippen LogP contribution in [0.3, 0.4) is 0 Å². The van der Waals surface area contributed by atoms with Crippen molar-refractivity contribution < 1.29 is 29.3 Å². The molecule has 1 aliphatic carbocycles. The van der Waals surface area contributed by atoms with E-state index in [1.54, 1.807) is 18.2 Å². The molecule has 4 atom stereocenters.